The first-order chi connectivity index (χ1) is 11.2. The van der Waals surface area contributed by atoms with Crippen LogP contribution in [0.2, 0.25) is 0 Å². The second kappa shape index (κ2) is 8.92. The number of nitrogens with zero attached hydrogens (tertiary/aromatic N) is 1. The fraction of sp³-hybridized carbons (Fsp3) is 0.278. The molecule has 0 spiro atoms. The largest absolute Gasteiger partial charge is 0.395 e. The highest BCUT2D eigenvalue weighted by Crippen LogP contribution is 2.17. The zero-order chi connectivity index (χ0) is 16.5. The van der Waals surface area contributed by atoms with E-state index in [4.69, 9.17) is 5.21 Å². The molecule has 0 saturated carbocycles. The molecule has 0 unspecified atom stereocenters. The normalized spacial score (nSPS) is 10.3. The molecule has 2 aromatic rings. The predicted octanol–water partition coefficient (Wildman–Crippen LogP) is 2.12. The smallest absolute Gasteiger partial charge is 0.243 e. The van der Waals surface area contributed by atoms with E-state index < -0.39 is 0 Å². The average molecular weight is 314 g/mol. The van der Waals surface area contributed by atoms with Crippen molar-refractivity contribution in [3.05, 3.63) is 65.7 Å². The van der Waals surface area contributed by atoms with Gasteiger partial charge in [0.15, 0.2) is 0 Å². The van der Waals surface area contributed by atoms with Crippen LogP contribution >= 0.6 is 0 Å². The molecule has 122 valence electrons. The van der Waals surface area contributed by atoms with Crippen molar-refractivity contribution < 1.29 is 15.1 Å². The quantitative estimate of drug-likeness (QED) is 0.515. The van der Waals surface area contributed by atoms with E-state index in [2.05, 4.69) is 4.90 Å². The minimum absolute atomic E-state index is 0.100. The molecular formula is C18H22N2O3. The summed E-state index contributed by atoms with van der Waals surface area (Å²) in [5.74, 6) is -0.382. The van der Waals surface area contributed by atoms with Gasteiger partial charge in [0.1, 0.15) is 0 Å². The SMILES string of the molecule is O=C(CCc1ccc(CN(CCO)c2ccccc2)cc1)NO. The second-order valence-corrected chi connectivity index (χ2v) is 5.33. The number of carbonyl (C=O) groups excluding carboxylic acids is 1. The maximum Gasteiger partial charge on any atom is 0.243 e. The number of rotatable bonds is 8. The van der Waals surface area contributed by atoms with Crippen LogP contribution in [0.5, 0.6) is 0 Å². The van der Waals surface area contributed by atoms with Crippen molar-refractivity contribution in [1.82, 2.24) is 5.48 Å². The Labute approximate surface area is 136 Å². The summed E-state index contributed by atoms with van der Waals surface area (Å²) in [4.78, 5) is 13.2. The lowest BCUT2D eigenvalue weighted by Gasteiger charge is -2.24. The zero-order valence-electron chi connectivity index (χ0n) is 13.0. The molecule has 3 N–H and O–H groups in total. The Hall–Kier alpha value is -2.37. The van der Waals surface area contributed by atoms with Gasteiger partial charge in [-0.05, 0) is 29.7 Å². The summed E-state index contributed by atoms with van der Waals surface area (Å²) in [6.07, 6.45) is 0.849. The Morgan fingerprint density at radius 3 is 2.26 bits per heavy atom. The summed E-state index contributed by atoms with van der Waals surface area (Å²) in [5.41, 5.74) is 4.89. The van der Waals surface area contributed by atoms with E-state index >= 15 is 0 Å². The summed E-state index contributed by atoms with van der Waals surface area (Å²) >= 11 is 0. The lowest BCUT2D eigenvalue weighted by atomic mass is 10.1. The zero-order valence-corrected chi connectivity index (χ0v) is 13.0. The van der Waals surface area contributed by atoms with Crippen LogP contribution in [-0.2, 0) is 17.8 Å². The molecule has 0 atom stereocenters. The molecular weight excluding hydrogens is 292 g/mol. The van der Waals surface area contributed by atoms with Crippen LogP contribution in [0, 0.1) is 0 Å². The van der Waals surface area contributed by atoms with Gasteiger partial charge in [-0.1, -0.05) is 42.5 Å². The van der Waals surface area contributed by atoms with E-state index in [1.54, 1.807) is 5.48 Å². The number of amides is 1. The van der Waals surface area contributed by atoms with Crippen molar-refractivity contribution in [2.24, 2.45) is 0 Å². The van der Waals surface area contributed by atoms with Gasteiger partial charge in [-0.3, -0.25) is 10.0 Å². The molecule has 0 aliphatic carbocycles. The number of aliphatic hydroxyl groups excluding tert-OH is 1. The maximum absolute atomic E-state index is 11.0. The van der Waals surface area contributed by atoms with Gasteiger partial charge in [-0.15, -0.1) is 0 Å². The standard InChI is InChI=1S/C18H22N2O3/c21-13-12-20(17-4-2-1-3-5-17)14-16-8-6-15(7-9-16)10-11-18(22)19-23/h1-9,21,23H,10-14H2,(H,19,22). The molecule has 2 rings (SSSR count). The third kappa shape index (κ3) is 5.39. The van der Waals surface area contributed by atoms with Gasteiger partial charge < -0.3 is 10.0 Å². The number of hydrogen-bond donors (Lipinski definition) is 3. The summed E-state index contributed by atoms with van der Waals surface area (Å²) in [6.45, 7) is 1.38. The highest BCUT2D eigenvalue weighted by molar-refractivity contribution is 5.74. The Bertz CT molecular complexity index is 599. The molecule has 0 bridgehead atoms. The first-order valence-electron chi connectivity index (χ1n) is 7.64. The molecule has 5 nitrogen and oxygen atoms in total. The summed E-state index contributed by atoms with van der Waals surface area (Å²) in [5, 5.41) is 17.8. The van der Waals surface area contributed by atoms with Gasteiger partial charge in [0.2, 0.25) is 5.91 Å². The van der Waals surface area contributed by atoms with Crippen LogP contribution in [0.1, 0.15) is 17.5 Å². The molecule has 0 aliphatic rings. The van der Waals surface area contributed by atoms with Crippen molar-refractivity contribution >= 4 is 11.6 Å². The molecule has 0 fully saturated rings. The highest BCUT2D eigenvalue weighted by atomic mass is 16.5. The number of para-hydroxylation sites is 1. The first kappa shape index (κ1) is 17.0. The monoisotopic (exact) mass is 314 g/mol. The van der Waals surface area contributed by atoms with Crippen LogP contribution < -0.4 is 10.4 Å². The predicted molar refractivity (Wildman–Crippen MR) is 89.3 cm³/mol. The van der Waals surface area contributed by atoms with Gasteiger partial charge in [0, 0.05) is 25.2 Å². The number of nitrogens with one attached hydrogen (secondary N) is 1. The molecule has 0 radical (unpaired) electrons. The molecule has 0 aliphatic heterocycles. The molecule has 0 aromatic heterocycles. The van der Waals surface area contributed by atoms with Crippen molar-refractivity contribution in [2.45, 2.75) is 19.4 Å². The molecule has 23 heavy (non-hydrogen) atoms. The fourth-order valence-electron chi connectivity index (χ4n) is 2.40. The van der Waals surface area contributed by atoms with Crippen LogP contribution in [0.25, 0.3) is 0 Å². The van der Waals surface area contributed by atoms with Crippen LogP contribution in [0.15, 0.2) is 54.6 Å². The van der Waals surface area contributed by atoms with Gasteiger partial charge in [0.05, 0.1) is 6.61 Å². The van der Waals surface area contributed by atoms with E-state index in [0.29, 0.717) is 19.5 Å². The minimum Gasteiger partial charge on any atom is -0.395 e. The molecule has 0 heterocycles. The highest BCUT2D eigenvalue weighted by Gasteiger charge is 2.07. The third-order valence-corrected chi connectivity index (χ3v) is 3.65. The number of anilines is 1. The number of hydrogen-bond acceptors (Lipinski definition) is 4. The van der Waals surface area contributed by atoms with Crippen LogP contribution in [0.4, 0.5) is 5.69 Å². The van der Waals surface area contributed by atoms with E-state index in [1.807, 2.05) is 54.6 Å². The Kier molecular flexibility index (Phi) is 6.59. The first-order valence-corrected chi connectivity index (χ1v) is 7.64. The van der Waals surface area contributed by atoms with Gasteiger partial charge in [-0.2, -0.15) is 0 Å². The van der Waals surface area contributed by atoms with Gasteiger partial charge in [-0.25, -0.2) is 5.48 Å². The Morgan fingerprint density at radius 2 is 1.65 bits per heavy atom. The molecule has 1 amide bonds. The lowest BCUT2D eigenvalue weighted by Crippen LogP contribution is -2.26. The molecule has 0 saturated heterocycles. The van der Waals surface area contributed by atoms with Crippen molar-refractivity contribution in [3.8, 4) is 0 Å². The number of carbonyl (C=O) groups is 1. The lowest BCUT2D eigenvalue weighted by molar-refractivity contribution is -0.129. The second-order valence-electron chi connectivity index (χ2n) is 5.33. The van der Waals surface area contributed by atoms with Crippen LogP contribution in [0.3, 0.4) is 0 Å². The van der Waals surface area contributed by atoms with Gasteiger partial charge >= 0.3 is 0 Å². The van der Waals surface area contributed by atoms with E-state index in [1.165, 1.54) is 0 Å². The number of benzene rings is 2. The molecule has 2 aromatic carbocycles. The third-order valence-electron chi connectivity index (χ3n) is 3.65. The van der Waals surface area contributed by atoms with E-state index in [9.17, 15) is 9.90 Å². The topological polar surface area (TPSA) is 72.8 Å². The summed E-state index contributed by atoms with van der Waals surface area (Å²) in [7, 11) is 0. The van der Waals surface area contributed by atoms with Crippen molar-refractivity contribution in [3.63, 3.8) is 0 Å². The summed E-state index contributed by atoms with van der Waals surface area (Å²) < 4.78 is 0. The van der Waals surface area contributed by atoms with E-state index in [-0.39, 0.29) is 18.9 Å². The average Bonchev–Trinajstić information content (AvgIpc) is 2.61. The number of aryl methyl sites for hydroxylation is 1. The Balaban J connectivity index is 1.99. The maximum atomic E-state index is 11.0. The number of aliphatic hydroxyl groups is 1. The molecule has 5 heteroatoms. The fourth-order valence-corrected chi connectivity index (χ4v) is 2.40. The number of hydroxylamine groups is 1. The van der Waals surface area contributed by atoms with Gasteiger partial charge in [0.25, 0.3) is 0 Å². The van der Waals surface area contributed by atoms with Crippen molar-refractivity contribution in [2.75, 3.05) is 18.1 Å². The van der Waals surface area contributed by atoms with Crippen molar-refractivity contribution in [1.29, 1.82) is 0 Å². The van der Waals surface area contributed by atoms with Crippen LogP contribution in [-0.4, -0.2) is 29.4 Å². The van der Waals surface area contributed by atoms with E-state index in [0.717, 1.165) is 16.8 Å². The Morgan fingerprint density at radius 1 is 1.00 bits per heavy atom. The minimum atomic E-state index is -0.382. The summed E-state index contributed by atoms with van der Waals surface area (Å²) in [6, 6.07) is 18.0.